The van der Waals surface area contributed by atoms with Crippen LogP contribution in [0.1, 0.15) is 43.7 Å². The van der Waals surface area contributed by atoms with Gasteiger partial charge in [0, 0.05) is 11.6 Å². The Morgan fingerprint density at radius 2 is 2.10 bits per heavy atom. The normalized spacial score (nSPS) is 16.6. The highest BCUT2D eigenvalue weighted by Gasteiger charge is 2.27. The first-order valence-corrected chi connectivity index (χ1v) is 9.35. The molecule has 0 amide bonds. The summed E-state index contributed by atoms with van der Waals surface area (Å²) in [6.07, 6.45) is 4.20. The van der Waals surface area contributed by atoms with E-state index in [2.05, 4.69) is 4.72 Å². The van der Waals surface area contributed by atoms with Crippen LogP contribution in [-0.4, -0.2) is 19.4 Å². The molecule has 0 aromatic heterocycles. The van der Waals surface area contributed by atoms with Gasteiger partial charge in [0.1, 0.15) is 4.99 Å². The van der Waals surface area contributed by atoms with E-state index < -0.39 is 10.0 Å². The van der Waals surface area contributed by atoms with E-state index in [1.807, 2.05) is 6.92 Å². The molecule has 1 atom stereocenters. The minimum absolute atomic E-state index is 0.0273. The van der Waals surface area contributed by atoms with Crippen LogP contribution in [0.3, 0.4) is 0 Å². The maximum absolute atomic E-state index is 12.4. The molecule has 1 unspecified atom stereocenters. The Hall–Kier alpha value is -0.980. The fourth-order valence-electron chi connectivity index (χ4n) is 2.44. The maximum Gasteiger partial charge on any atom is 0.216 e. The van der Waals surface area contributed by atoms with Crippen molar-refractivity contribution in [3.63, 3.8) is 0 Å². The highest BCUT2D eigenvalue weighted by Crippen LogP contribution is 2.34. The molecule has 0 heterocycles. The van der Waals surface area contributed by atoms with Gasteiger partial charge in [-0.05, 0) is 24.3 Å². The van der Waals surface area contributed by atoms with E-state index >= 15 is 0 Å². The first kappa shape index (κ1) is 16.4. The first-order valence-electron chi connectivity index (χ1n) is 7.29. The average Bonchev–Trinajstić information content (AvgIpc) is 3.21. The summed E-state index contributed by atoms with van der Waals surface area (Å²) in [4.78, 5) is 0.228. The second-order valence-electron chi connectivity index (χ2n) is 5.68. The van der Waals surface area contributed by atoms with E-state index in [0.717, 1.165) is 12.8 Å². The summed E-state index contributed by atoms with van der Waals surface area (Å²) in [6, 6.07) is 7.15. The molecular weight excluding hydrogens is 304 g/mol. The van der Waals surface area contributed by atoms with Gasteiger partial charge in [0.05, 0.1) is 5.75 Å². The minimum atomic E-state index is -3.38. The Kier molecular flexibility index (Phi) is 5.35. The van der Waals surface area contributed by atoms with Gasteiger partial charge in [-0.3, -0.25) is 0 Å². The number of hydrogen-bond donors (Lipinski definition) is 2. The first-order chi connectivity index (χ1) is 9.91. The Labute approximate surface area is 132 Å². The standard InChI is InChI=1S/C15H22N2O2S2/c1-2-13(9-11-7-8-11)17-21(18,19)10-12-5-3-4-6-14(12)15(16)20/h3-6,11,13,17H,2,7-10H2,1H3,(H2,16,20). The maximum atomic E-state index is 12.4. The van der Waals surface area contributed by atoms with Gasteiger partial charge in [-0.1, -0.05) is 56.2 Å². The molecular formula is C15H22N2O2S2. The van der Waals surface area contributed by atoms with Crippen molar-refractivity contribution in [1.82, 2.24) is 4.72 Å². The van der Waals surface area contributed by atoms with Crippen molar-refractivity contribution in [2.75, 3.05) is 0 Å². The number of thiocarbonyl (C=S) groups is 1. The molecule has 1 aromatic carbocycles. The third-order valence-electron chi connectivity index (χ3n) is 3.78. The average molecular weight is 326 g/mol. The molecule has 1 aromatic rings. The van der Waals surface area contributed by atoms with Crippen LogP contribution in [0.4, 0.5) is 0 Å². The quantitative estimate of drug-likeness (QED) is 0.719. The number of rotatable bonds is 8. The molecule has 2 rings (SSSR count). The fourth-order valence-corrected chi connectivity index (χ4v) is 4.16. The van der Waals surface area contributed by atoms with Crippen LogP contribution in [-0.2, 0) is 15.8 Å². The predicted octanol–water partition coefficient (Wildman–Crippen LogP) is 2.32. The van der Waals surface area contributed by atoms with E-state index in [1.165, 1.54) is 12.8 Å². The molecule has 116 valence electrons. The van der Waals surface area contributed by atoms with Gasteiger partial charge in [-0.25, -0.2) is 13.1 Å². The van der Waals surface area contributed by atoms with Crippen LogP contribution in [0.15, 0.2) is 24.3 Å². The highest BCUT2D eigenvalue weighted by atomic mass is 32.2. The van der Waals surface area contributed by atoms with E-state index in [9.17, 15) is 8.42 Å². The molecule has 1 aliphatic carbocycles. The molecule has 0 aliphatic heterocycles. The van der Waals surface area contributed by atoms with Crippen LogP contribution in [0.2, 0.25) is 0 Å². The molecule has 4 nitrogen and oxygen atoms in total. The van der Waals surface area contributed by atoms with Crippen LogP contribution in [0.5, 0.6) is 0 Å². The summed E-state index contributed by atoms with van der Waals surface area (Å²) in [5.41, 5.74) is 6.94. The van der Waals surface area contributed by atoms with E-state index in [0.29, 0.717) is 17.0 Å². The minimum Gasteiger partial charge on any atom is -0.389 e. The van der Waals surface area contributed by atoms with Crippen molar-refractivity contribution in [2.24, 2.45) is 11.7 Å². The molecule has 1 fully saturated rings. The lowest BCUT2D eigenvalue weighted by molar-refractivity contribution is 0.495. The van der Waals surface area contributed by atoms with Gasteiger partial charge in [0.2, 0.25) is 10.0 Å². The van der Waals surface area contributed by atoms with Crippen LogP contribution in [0, 0.1) is 5.92 Å². The Bertz CT molecular complexity index is 610. The second kappa shape index (κ2) is 6.85. The van der Waals surface area contributed by atoms with Crippen molar-refractivity contribution in [2.45, 2.75) is 44.4 Å². The molecule has 0 saturated heterocycles. The smallest absolute Gasteiger partial charge is 0.216 e. The molecule has 0 radical (unpaired) electrons. The van der Waals surface area contributed by atoms with E-state index in [4.69, 9.17) is 18.0 Å². The van der Waals surface area contributed by atoms with E-state index in [1.54, 1.807) is 24.3 Å². The van der Waals surface area contributed by atoms with Crippen LogP contribution in [0.25, 0.3) is 0 Å². The summed E-state index contributed by atoms with van der Waals surface area (Å²) in [6.45, 7) is 2.01. The third-order valence-corrected chi connectivity index (χ3v) is 5.39. The largest absolute Gasteiger partial charge is 0.389 e. The number of hydrogen-bond acceptors (Lipinski definition) is 3. The Morgan fingerprint density at radius 3 is 2.67 bits per heavy atom. The summed E-state index contributed by atoms with van der Waals surface area (Å²) < 4.78 is 27.5. The summed E-state index contributed by atoms with van der Waals surface area (Å²) in [5.74, 6) is 0.614. The van der Waals surface area contributed by atoms with Crippen LogP contribution < -0.4 is 10.5 Å². The Morgan fingerprint density at radius 1 is 1.43 bits per heavy atom. The summed E-state index contributed by atoms with van der Waals surface area (Å²) in [5, 5.41) is 0. The SMILES string of the molecule is CCC(CC1CC1)NS(=O)(=O)Cc1ccccc1C(N)=S. The summed E-state index contributed by atoms with van der Waals surface area (Å²) >= 11 is 4.98. The second-order valence-corrected chi connectivity index (χ2v) is 7.88. The van der Waals surface area contributed by atoms with Gasteiger partial charge in [-0.15, -0.1) is 0 Å². The summed E-state index contributed by atoms with van der Waals surface area (Å²) in [7, 11) is -3.38. The topological polar surface area (TPSA) is 72.2 Å². The molecule has 3 N–H and O–H groups in total. The van der Waals surface area contributed by atoms with Crippen molar-refractivity contribution in [3.05, 3.63) is 35.4 Å². The lowest BCUT2D eigenvalue weighted by Gasteiger charge is -2.17. The van der Waals surface area contributed by atoms with Crippen molar-refractivity contribution in [1.29, 1.82) is 0 Å². The van der Waals surface area contributed by atoms with Gasteiger partial charge >= 0.3 is 0 Å². The highest BCUT2D eigenvalue weighted by molar-refractivity contribution is 7.88. The van der Waals surface area contributed by atoms with Crippen LogP contribution >= 0.6 is 12.2 Å². The lowest BCUT2D eigenvalue weighted by Crippen LogP contribution is -2.36. The van der Waals surface area contributed by atoms with Gasteiger partial charge in [-0.2, -0.15) is 0 Å². The zero-order valence-electron chi connectivity index (χ0n) is 12.2. The number of benzene rings is 1. The molecule has 1 saturated carbocycles. The molecule has 1 aliphatic rings. The zero-order chi connectivity index (χ0) is 15.5. The number of sulfonamides is 1. The molecule has 0 spiro atoms. The predicted molar refractivity (Wildman–Crippen MR) is 89.5 cm³/mol. The lowest BCUT2D eigenvalue weighted by atomic mass is 10.1. The fraction of sp³-hybridized carbons (Fsp3) is 0.533. The third kappa shape index (κ3) is 5.05. The number of nitrogens with two attached hydrogens (primary N) is 1. The zero-order valence-corrected chi connectivity index (χ0v) is 13.8. The van der Waals surface area contributed by atoms with Crippen molar-refractivity contribution >= 4 is 27.2 Å². The molecule has 0 bridgehead atoms. The molecule has 21 heavy (non-hydrogen) atoms. The van der Waals surface area contributed by atoms with Gasteiger partial charge in [0.25, 0.3) is 0 Å². The van der Waals surface area contributed by atoms with Gasteiger partial charge < -0.3 is 5.73 Å². The Balaban J connectivity index is 2.07. The number of nitrogens with one attached hydrogen (secondary N) is 1. The van der Waals surface area contributed by atoms with Gasteiger partial charge in [0.15, 0.2) is 0 Å². The van der Waals surface area contributed by atoms with Crippen molar-refractivity contribution in [3.8, 4) is 0 Å². The van der Waals surface area contributed by atoms with E-state index in [-0.39, 0.29) is 16.8 Å². The van der Waals surface area contributed by atoms with Crippen molar-refractivity contribution < 1.29 is 8.42 Å². The molecule has 6 heteroatoms. The monoisotopic (exact) mass is 326 g/mol.